The molecule has 0 radical (unpaired) electrons. The smallest absolute Gasteiger partial charge is 0.0276 e. The number of allylic oxidation sites excluding steroid dienone is 1. The van der Waals surface area contributed by atoms with Crippen LogP contribution in [0.5, 0.6) is 0 Å². The van der Waals surface area contributed by atoms with Crippen LogP contribution in [0.1, 0.15) is 34.1 Å². The maximum atomic E-state index is 4.10. The summed E-state index contributed by atoms with van der Waals surface area (Å²) in [5, 5.41) is 0. The van der Waals surface area contributed by atoms with Crippen LogP contribution in [0.3, 0.4) is 0 Å². The lowest BCUT2D eigenvalue weighted by Crippen LogP contribution is -2.10. The summed E-state index contributed by atoms with van der Waals surface area (Å²) in [4.78, 5) is 4.10. The highest BCUT2D eigenvalue weighted by molar-refractivity contribution is 5.84. The minimum Gasteiger partial charge on any atom is -0.297 e. The molecule has 1 heteroatoms. The van der Waals surface area contributed by atoms with Crippen LogP contribution in [0, 0.1) is 5.41 Å². The molecule has 0 saturated carbocycles. The number of aliphatic imine (C=N–C) groups is 1. The van der Waals surface area contributed by atoms with E-state index < -0.39 is 0 Å². The average molecular weight is 153 g/mol. The van der Waals surface area contributed by atoms with Crippen molar-refractivity contribution in [1.82, 2.24) is 0 Å². The summed E-state index contributed by atoms with van der Waals surface area (Å²) in [6.45, 7) is 12.6. The molecule has 0 unspecified atom stereocenters. The van der Waals surface area contributed by atoms with Crippen LogP contribution in [-0.4, -0.2) is 12.8 Å². The van der Waals surface area contributed by atoms with Gasteiger partial charge < -0.3 is 0 Å². The molecule has 0 aromatic rings. The zero-order valence-electron chi connectivity index (χ0n) is 8.36. The molecule has 0 aromatic carbocycles. The first kappa shape index (κ1) is 10.4. The third-order valence-electron chi connectivity index (χ3n) is 1.91. The van der Waals surface area contributed by atoms with Gasteiger partial charge in [0.1, 0.15) is 0 Å². The molecule has 0 fully saturated rings. The average Bonchev–Trinajstić information content (AvgIpc) is 1.85. The van der Waals surface area contributed by atoms with Crippen molar-refractivity contribution < 1.29 is 0 Å². The standard InChI is InChI=1S/C10H19N/c1-8(10(3,4)5)7-9(2)11-6/h1,7H2,2-6H3. The highest BCUT2D eigenvalue weighted by Gasteiger charge is 2.14. The molecule has 64 valence electrons. The highest BCUT2D eigenvalue weighted by atomic mass is 14.7. The fraction of sp³-hybridized carbons (Fsp3) is 0.700. The Morgan fingerprint density at radius 1 is 1.36 bits per heavy atom. The Morgan fingerprint density at radius 3 is 2.09 bits per heavy atom. The molecule has 1 nitrogen and oxygen atoms in total. The summed E-state index contributed by atoms with van der Waals surface area (Å²) in [6.07, 6.45) is 0.931. The molecule has 0 heterocycles. The van der Waals surface area contributed by atoms with E-state index in [1.54, 1.807) is 0 Å². The van der Waals surface area contributed by atoms with Gasteiger partial charge in [-0.2, -0.15) is 0 Å². The van der Waals surface area contributed by atoms with E-state index in [1.807, 2.05) is 14.0 Å². The second-order valence-corrected chi connectivity index (χ2v) is 3.99. The second kappa shape index (κ2) is 3.70. The molecule has 0 amide bonds. The third-order valence-corrected chi connectivity index (χ3v) is 1.91. The normalized spacial score (nSPS) is 13.4. The van der Waals surface area contributed by atoms with Crippen LogP contribution < -0.4 is 0 Å². The summed E-state index contributed by atoms with van der Waals surface area (Å²) in [5.41, 5.74) is 2.62. The molecule has 0 aliphatic rings. The number of hydrogen-bond acceptors (Lipinski definition) is 1. The summed E-state index contributed by atoms with van der Waals surface area (Å²) in [7, 11) is 1.82. The monoisotopic (exact) mass is 153 g/mol. The summed E-state index contributed by atoms with van der Waals surface area (Å²) in [6, 6.07) is 0. The maximum Gasteiger partial charge on any atom is 0.0276 e. The van der Waals surface area contributed by atoms with E-state index in [1.165, 1.54) is 5.57 Å². The zero-order valence-corrected chi connectivity index (χ0v) is 8.36. The second-order valence-electron chi connectivity index (χ2n) is 3.99. The van der Waals surface area contributed by atoms with Crippen molar-refractivity contribution in [3.05, 3.63) is 12.2 Å². The minimum atomic E-state index is 0.214. The molecular weight excluding hydrogens is 134 g/mol. The molecule has 0 aliphatic heterocycles. The van der Waals surface area contributed by atoms with E-state index in [9.17, 15) is 0 Å². The number of hydrogen-bond donors (Lipinski definition) is 0. The summed E-state index contributed by atoms with van der Waals surface area (Å²) < 4.78 is 0. The molecule has 0 atom stereocenters. The van der Waals surface area contributed by atoms with Gasteiger partial charge in [-0.05, 0) is 12.3 Å². The van der Waals surface area contributed by atoms with Crippen molar-refractivity contribution in [2.75, 3.05) is 7.05 Å². The quantitative estimate of drug-likeness (QED) is 0.427. The topological polar surface area (TPSA) is 12.4 Å². The molecule has 0 rings (SSSR count). The van der Waals surface area contributed by atoms with E-state index in [2.05, 4.69) is 32.3 Å². The van der Waals surface area contributed by atoms with Crippen molar-refractivity contribution in [3.8, 4) is 0 Å². The van der Waals surface area contributed by atoms with Gasteiger partial charge in [-0.15, -0.1) is 0 Å². The zero-order chi connectivity index (χ0) is 9.07. The Hall–Kier alpha value is -0.590. The summed E-state index contributed by atoms with van der Waals surface area (Å²) >= 11 is 0. The Balaban J connectivity index is 4.10. The lowest BCUT2D eigenvalue weighted by atomic mass is 9.85. The van der Waals surface area contributed by atoms with Gasteiger partial charge in [0.15, 0.2) is 0 Å². The Bertz CT molecular complexity index is 170. The molecule has 0 bridgehead atoms. The minimum absolute atomic E-state index is 0.214. The predicted octanol–water partition coefficient (Wildman–Crippen LogP) is 3.07. The molecule has 0 aromatic heterocycles. The lowest BCUT2D eigenvalue weighted by molar-refractivity contribution is 0.499. The maximum absolute atomic E-state index is 4.10. The van der Waals surface area contributed by atoms with Crippen molar-refractivity contribution >= 4 is 5.71 Å². The fourth-order valence-electron chi connectivity index (χ4n) is 0.653. The molecule has 11 heavy (non-hydrogen) atoms. The van der Waals surface area contributed by atoms with Gasteiger partial charge in [0.05, 0.1) is 0 Å². The molecule has 0 saturated heterocycles. The largest absolute Gasteiger partial charge is 0.297 e. The lowest BCUT2D eigenvalue weighted by Gasteiger charge is -2.21. The van der Waals surface area contributed by atoms with E-state index in [4.69, 9.17) is 0 Å². The van der Waals surface area contributed by atoms with Gasteiger partial charge in [-0.1, -0.05) is 32.9 Å². The Kier molecular flexibility index (Phi) is 3.50. The van der Waals surface area contributed by atoms with Crippen molar-refractivity contribution in [2.24, 2.45) is 10.4 Å². The van der Waals surface area contributed by atoms with Crippen LogP contribution in [0.25, 0.3) is 0 Å². The number of nitrogens with zero attached hydrogens (tertiary/aromatic N) is 1. The third kappa shape index (κ3) is 3.97. The predicted molar refractivity (Wildman–Crippen MR) is 52.2 cm³/mol. The van der Waals surface area contributed by atoms with Crippen molar-refractivity contribution in [1.29, 1.82) is 0 Å². The van der Waals surface area contributed by atoms with E-state index >= 15 is 0 Å². The fourth-order valence-corrected chi connectivity index (χ4v) is 0.653. The summed E-state index contributed by atoms with van der Waals surface area (Å²) in [5.74, 6) is 0. The van der Waals surface area contributed by atoms with Crippen LogP contribution in [0.15, 0.2) is 17.1 Å². The Morgan fingerprint density at radius 2 is 1.82 bits per heavy atom. The van der Waals surface area contributed by atoms with Crippen LogP contribution in [0.4, 0.5) is 0 Å². The van der Waals surface area contributed by atoms with Crippen LogP contribution in [0.2, 0.25) is 0 Å². The van der Waals surface area contributed by atoms with Crippen LogP contribution in [-0.2, 0) is 0 Å². The van der Waals surface area contributed by atoms with Crippen LogP contribution >= 0.6 is 0 Å². The molecule has 0 N–H and O–H groups in total. The first-order valence-corrected chi connectivity index (χ1v) is 3.98. The van der Waals surface area contributed by atoms with Gasteiger partial charge in [0.2, 0.25) is 0 Å². The Labute approximate surface area is 70.2 Å². The van der Waals surface area contributed by atoms with Crippen molar-refractivity contribution in [3.63, 3.8) is 0 Å². The van der Waals surface area contributed by atoms with Gasteiger partial charge in [-0.25, -0.2) is 0 Å². The first-order chi connectivity index (χ1) is 4.88. The van der Waals surface area contributed by atoms with E-state index in [0.29, 0.717) is 0 Å². The van der Waals surface area contributed by atoms with Gasteiger partial charge in [-0.3, -0.25) is 4.99 Å². The highest BCUT2D eigenvalue weighted by Crippen LogP contribution is 2.26. The molecule has 0 aliphatic carbocycles. The SMILES string of the molecule is C=C(CC(C)=NC)C(C)(C)C. The van der Waals surface area contributed by atoms with Gasteiger partial charge >= 0.3 is 0 Å². The first-order valence-electron chi connectivity index (χ1n) is 3.98. The molecule has 0 spiro atoms. The van der Waals surface area contributed by atoms with E-state index in [-0.39, 0.29) is 5.41 Å². The van der Waals surface area contributed by atoms with E-state index in [0.717, 1.165) is 12.1 Å². The van der Waals surface area contributed by atoms with Crippen molar-refractivity contribution in [2.45, 2.75) is 34.1 Å². The van der Waals surface area contributed by atoms with Gasteiger partial charge in [0.25, 0.3) is 0 Å². The number of rotatable bonds is 2. The molecular formula is C10H19N. The van der Waals surface area contributed by atoms with Gasteiger partial charge in [0, 0.05) is 19.2 Å².